The summed E-state index contributed by atoms with van der Waals surface area (Å²) in [6.45, 7) is 4.72. The van der Waals surface area contributed by atoms with E-state index in [2.05, 4.69) is 9.88 Å². The fourth-order valence-corrected chi connectivity index (χ4v) is 6.43. The summed E-state index contributed by atoms with van der Waals surface area (Å²) in [6.07, 6.45) is 3.71. The maximum atomic E-state index is 14.0. The second-order valence-electron chi connectivity index (χ2n) is 10.7. The molecule has 2 aliphatic heterocycles. The van der Waals surface area contributed by atoms with E-state index < -0.39 is 0 Å². The highest BCUT2D eigenvalue weighted by Crippen LogP contribution is 2.42. The van der Waals surface area contributed by atoms with Crippen molar-refractivity contribution in [3.63, 3.8) is 0 Å². The molecule has 2 aliphatic rings. The molecule has 1 spiro atoms. The fraction of sp³-hybridized carbons (Fsp3) is 0.393. The van der Waals surface area contributed by atoms with E-state index in [-0.39, 0.29) is 39.1 Å². The van der Waals surface area contributed by atoms with E-state index in [1.807, 2.05) is 48.0 Å². The molecule has 0 unspecified atom stereocenters. The largest absolute Gasteiger partial charge is 0.384 e. The molecule has 4 aromatic rings. The van der Waals surface area contributed by atoms with Gasteiger partial charge in [0, 0.05) is 55.5 Å². The highest BCUT2D eigenvalue weighted by Gasteiger charge is 2.47. The van der Waals surface area contributed by atoms with Crippen LogP contribution in [0.5, 0.6) is 0 Å². The molecule has 2 fully saturated rings. The van der Waals surface area contributed by atoms with E-state index in [0.29, 0.717) is 41.3 Å². The summed E-state index contributed by atoms with van der Waals surface area (Å²) < 4.78 is 9.49. The van der Waals surface area contributed by atoms with Gasteiger partial charge >= 0.3 is 0 Å². The lowest BCUT2D eigenvalue weighted by Crippen LogP contribution is -2.51. The first-order valence-corrected chi connectivity index (χ1v) is 13.8. The molecule has 2 saturated heterocycles. The summed E-state index contributed by atoms with van der Waals surface area (Å²) in [5, 5.41) is 0.776. The van der Waals surface area contributed by atoms with Gasteiger partial charge in [0.2, 0.25) is 5.95 Å². The van der Waals surface area contributed by atoms with Crippen LogP contribution in [-0.2, 0) is 18.3 Å². The minimum atomic E-state index is -0.172. The van der Waals surface area contributed by atoms with Crippen LogP contribution in [0.15, 0.2) is 47.4 Å². The van der Waals surface area contributed by atoms with Gasteiger partial charge in [-0.3, -0.25) is 9.36 Å². The molecule has 6 rings (SSSR count). The number of ether oxygens (including phenoxy) is 1. The number of nitrogens with two attached hydrogens (primary N) is 2. The lowest BCUT2D eigenvalue weighted by molar-refractivity contribution is 0.0973. The lowest BCUT2D eigenvalue weighted by atomic mass is 9.73. The van der Waals surface area contributed by atoms with Gasteiger partial charge in [-0.2, -0.15) is 4.98 Å². The van der Waals surface area contributed by atoms with E-state index in [4.69, 9.17) is 44.4 Å². The number of fused-ring (bicyclic) bond motifs is 1. The molecule has 0 radical (unpaired) electrons. The van der Waals surface area contributed by atoms with Crippen molar-refractivity contribution in [2.75, 3.05) is 30.3 Å². The van der Waals surface area contributed by atoms with Gasteiger partial charge in [0.1, 0.15) is 11.5 Å². The molecule has 4 N–H and O–H groups in total. The number of halogens is 2. The van der Waals surface area contributed by atoms with E-state index >= 15 is 0 Å². The Hall–Kier alpha value is -3.11. The summed E-state index contributed by atoms with van der Waals surface area (Å²) in [6, 6.07) is 11.7. The third kappa shape index (κ3) is 4.37. The van der Waals surface area contributed by atoms with Gasteiger partial charge in [0.25, 0.3) is 5.56 Å². The van der Waals surface area contributed by atoms with Crippen LogP contribution in [0.25, 0.3) is 22.2 Å². The average Bonchev–Trinajstić information content (AvgIpc) is 3.42. The molecule has 3 aromatic heterocycles. The molecule has 0 aliphatic carbocycles. The Morgan fingerprint density at radius 1 is 1.13 bits per heavy atom. The molecule has 39 heavy (non-hydrogen) atoms. The van der Waals surface area contributed by atoms with Gasteiger partial charge in [0.05, 0.1) is 23.1 Å². The number of nitrogen functional groups attached to an aromatic ring is 1. The Morgan fingerprint density at radius 3 is 2.51 bits per heavy atom. The Labute approximate surface area is 236 Å². The molecule has 1 aromatic carbocycles. The Morgan fingerprint density at radius 2 is 1.85 bits per heavy atom. The summed E-state index contributed by atoms with van der Waals surface area (Å²) in [5.74, 6) is 0.843. The Kier molecular flexibility index (Phi) is 6.58. The van der Waals surface area contributed by atoms with Crippen molar-refractivity contribution in [1.82, 2.24) is 19.1 Å². The minimum Gasteiger partial charge on any atom is -0.384 e. The fourth-order valence-electron chi connectivity index (χ4n) is 6.03. The summed E-state index contributed by atoms with van der Waals surface area (Å²) in [5.41, 5.74) is 15.2. The van der Waals surface area contributed by atoms with E-state index in [0.717, 1.165) is 31.5 Å². The van der Waals surface area contributed by atoms with Gasteiger partial charge in [0.15, 0.2) is 5.15 Å². The number of piperidine rings is 1. The van der Waals surface area contributed by atoms with Crippen LogP contribution in [0.1, 0.15) is 25.3 Å². The number of hydrogen-bond acceptors (Lipinski definition) is 7. The minimum absolute atomic E-state index is 0.00828. The third-order valence-corrected chi connectivity index (χ3v) is 9.14. The van der Waals surface area contributed by atoms with Crippen LogP contribution in [0.4, 0.5) is 11.8 Å². The van der Waals surface area contributed by atoms with Gasteiger partial charge in [-0.05, 0) is 31.4 Å². The highest BCUT2D eigenvalue weighted by molar-refractivity contribution is 6.43. The van der Waals surface area contributed by atoms with Crippen molar-refractivity contribution in [3.8, 4) is 11.1 Å². The van der Waals surface area contributed by atoms with Crippen LogP contribution in [-0.4, -0.2) is 50.9 Å². The van der Waals surface area contributed by atoms with Crippen molar-refractivity contribution in [1.29, 1.82) is 0 Å². The molecule has 0 saturated carbocycles. The Balaban J connectivity index is 1.47. The van der Waals surface area contributed by atoms with Gasteiger partial charge in [-0.25, -0.2) is 4.98 Å². The summed E-state index contributed by atoms with van der Waals surface area (Å²) in [4.78, 5) is 25.3. The topological polar surface area (TPSA) is 117 Å². The quantitative estimate of drug-likeness (QED) is 0.357. The second-order valence-corrected chi connectivity index (χ2v) is 11.5. The SMILES string of the molecule is C[C@@H]1OCC2(CCN(c3nc4c(c(-c5cc(N)nc(Cl)c5Cl)cn4Cc4ccccc4)c(=O)n3C)CC2)[C@@H]1N. The molecule has 0 amide bonds. The molecule has 9 nitrogen and oxygen atoms in total. The summed E-state index contributed by atoms with van der Waals surface area (Å²) >= 11 is 12.9. The van der Waals surface area contributed by atoms with Crippen LogP contribution < -0.4 is 21.9 Å². The van der Waals surface area contributed by atoms with Crippen molar-refractivity contribution in [3.05, 3.63) is 68.7 Å². The lowest BCUT2D eigenvalue weighted by Gasteiger charge is -2.41. The molecular weight excluding hydrogens is 537 g/mol. The molecule has 204 valence electrons. The number of nitrogens with zero attached hydrogens (tertiary/aromatic N) is 5. The Bertz CT molecular complexity index is 1610. The van der Waals surface area contributed by atoms with Gasteiger partial charge in [-0.15, -0.1) is 0 Å². The number of anilines is 2. The highest BCUT2D eigenvalue weighted by atomic mass is 35.5. The number of rotatable bonds is 4. The molecule has 5 heterocycles. The van der Waals surface area contributed by atoms with Crippen molar-refractivity contribution in [2.24, 2.45) is 18.2 Å². The van der Waals surface area contributed by atoms with E-state index in [1.165, 1.54) is 0 Å². The first kappa shape index (κ1) is 26.1. The maximum absolute atomic E-state index is 14.0. The predicted octanol–water partition coefficient (Wildman–Crippen LogP) is 4.07. The third-order valence-electron chi connectivity index (χ3n) is 8.39. The van der Waals surface area contributed by atoms with Gasteiger partial charge < -0.3 is 25.7 Å². The van der Waals surface area contributed by atoms with Crippen molar-refractivity contribution < 1.29 is 4.74 Å². The van der Waals surface area contributed by atoms with Crippen molar-refractivity contribution in [2.45, 2.75) is 38.5 Å². The van der Waals surface area contributed by atoms with Crippen molar-refractivity contribution >= 4 is 46.0 Å². The summed E-state index contributed by atoms with van der Waals surface area (Å²) in [7, 11) is 1.76. The van der Waals surface area contributed by atoms with Crippen LogP contribution >= 0.6 is 23.2 Å². The molecular formula is C28H31Cl2N7O2. The van der Waals surface area contributed by atoms with Crippen LogP contribution in [0, 0.1) is 5.41 Å². The molecule has 11 heteroatoms. The number of benzene rings is 1. The van der Waals surface area contributed by atoms with E-state index in [1.54, 1.807) is 17.7 Å². The number of aromatic nitrogens is 4. The van der Waals surface area contributed by atoms with Crippen LogP contribution in [0.3, 0.4) is 0 Å². The normalized spacial score (nSPS) is 20.8. The van der Waals surface area contributed by atoms with Gasteiger partial charge in [-0.1, -0.05) is 53.5 Å². The number of pyridine rings is 1. The first-order chi connectivity index (χ1) is 18.7. The maximum Gasteiger partial charge on any atom is 0.264 e. The number of hydrogen-bond donors (Lipinski definition) is 2. The monoisotopic (exact) mass is 567 g/mol. The molecule has 0 bridgehead atoms. The standard InChI is InChI=1S/C28H31Cl2N7O2/c1-16-23(32)28(15-39-16)8-10-36(11-9-28)27-34-25-21(26(38)35(27)2)19(18-12-20(31)33-24(30)22(18)29)14-37(25)13-17-6-4-3-5-7-17/h3-7,12,14,16,23H,8-11,13,15,32H2,1-2H3,(H2,31,33)/t16-,23+/m0/s1. The first-order valence-electron chi connectivity index (χ1n) is 13.1. The van der Waals surface area contributed by atoms with E-state index in [9.17, 15) is 4.79 Å². The second kappa shape index (κ2) is 9.82. The average molecular weight is 569 g/mol. The smallest absolute Gasteiger partial charge is 0.264 e. The zero-order valence-electron chi connectivity index (χ0n) is 21.9. The van der Waals surface area contributed by atoms with Crippen LogP contribution in [0.2, 0.25) is 10.2 Å². The zero-order valence-corrected chi connectivity index (χ0v) is 23.4. The zero-order chi connectivity index (χ0) is 27.5. The molecule has 2 atom stereocenters. The predicted molar refractivity (Wildman–Crippen MR) is 155 cm³/mol.